The van der Waals surface area contributed by atoms with Crippen LogP contribution in [0.4, 0.5) is 4.79 Å². The summed E-state index contributed by atoms with van der Waals surface area (Å²) < 4.78 is 4.92. The van der Waals surface area contributed by atoms with Gasteiger partial charge in [0.05, 0.1) is 6.61 Å². The second-order valence-electron chi connectivity index (χ2n) is 5.26. The first-order chi connectivity index (χ1) is 11.0. The zero-order valence-electron chi connectivity index (χ0n) is 14.3. The quantitative estimate of drug-likeness (QED) is 0.680. The molecule has 0 aliphatic carbocycles. The van der Waals surface area contributed by atoms with Gasteiger partial charge in [0.1, 0.15) is 0 Å². The fourth-order valence-corrected chi connectivity index (χ4v) is 2.39. The molecular weight excluding hydrogens is 300 g/mol. The molecule has 0 radical (unpaired) electrons. The smallest absolute Gasteiger partial charge is 0.409 e. The minimum absolute atomic E-state index is 0.326. The third-order valence-electron chi connectivity index (χ3n) is 3.90. The number of rotatable bonds is 6. The molecule has 1 aliphatic heterocycles. The predicted molar refractivity (Wildman–Crippen MR) is 86.0 cm³/mol. The van der Waals surface area contributed by atoms with Gasteiger partial charge in [0.2, 0.25) is 0 Å². The van der Waals surface area contributed by atoms with Gasteiger partial charge in [0.15, 0.2) is 0 Å². The summed E-state index contributed by atoms with van der Waals surface area (Å²) >= 11 is 0. The average molecular weight is 328 g/mol. The van der Waals surface area contributed by atoms with Crippen molar-refractivity contribution >= 4 is 17.9 Å². The molecule has 8 heteroatoms. The fourth-order valence-electron chi connectivity index (χ4n) is 2.39. The zero-order valence-corrected chi connectivity index (χ0v) is 14.3. The van der Waals surface area contributed by atoms with Crippen molar-refractivity contribution in [2.24, 2.45) is 0 Å². The van der Waals surface area contributed by atoms with E-state index in [0.717, 1.165) is 19.6 Å². The van der Waals surface area contributed by atoms with Crippen LogP contribution < -0.4 is 5.32 Å². The first-order valence-corrected chi connectivity index (χ1v) is 8.24. The van der Waals surface area contributed by atoms with Crippen molar-refractivity contribution in [1.82, 2.24) is 20.0 Å². The van der Waals surface area contributed by atoms with Gasteiger partial charge >= 0.3 is 17.9 Å². The van der Waals surface area contributed by atoms with Crippen LogP contribution in [0.5, 0.6) is 0 Å². The van der Waals surface area contributed by atoms with Gasteiger partial charge in [0.25, 0.3) is 0 Å². The second kappa shape index (κ2) is 10.0. The fraction of sp³-hybridized carbons (Fsp3) is 0.800. The Balaban J connectivity index is 2.32. The van der Waals surface area contributed by atoms with E-state index in [9.17, 15) is 14.4 Å². The number of carbonyl (C=O) groups is 3. The Morgan fingerprint density at radius 2 is 1.57 bits per heavy atom. The topological polar surface area (TPSA) is 82.2 Å². The Kier molecular flexibility index (Phi) is 8.39. The van der Waals surface area contributed by atoms with Crippen molar-refractivity contribution in [3.8, 4) is 0 Å². The second-order valence-corrected chi connectivity index (χ2v) is 5.26. The lowest BCUT2D eigenvalue weighted by Gasteiger charge is -2.33. The number of nitrogens with one attached hydrogen (secondary N) is 1. The van der Waals surface area contributed by atoms with Crippen molar-refractivity contribution in [1.29, 1.82) is 0 Å². The molecule has 1 heterocycles. The van der Waals surface area contributed by atoms with E-state index >= 15 is 0 Å². The highest BCUT2D eigenvalue weighted by Gasteiger charge is 2.28. The molecule has 1 N–H and O–H groups in total. The molecule has 0 aromatic heterocycles. The predicted octanol–water partition coefficient (Wildman–Crippen LogP) is -0.255. The van der Waals surface area contributed by atoms with Crippen LogP contribution in [-0.2, 0) is 14.3 Å². The Bertz CT molecular complexity index is 404. The van der Waals surface area contributed by atoms with E-state index in [1.54, 1.807) is 11.8 Å². The molecule has 8 nitrogen and oxygen atoms in total. The molecule has 1 fully saturated rings. The first-order valence-electron chi connectivity index (χ1n) is 8.24. The molecule has 1 rings (SSSR count). The molecule has 0 unspecified atom stereocenters. The van der Waals surface area contributed by atoms with Gasteiger partial charge in [0, 0.05) is 39.3 Å². The number of piperazine rings is 1. The van der Waals surface area contributed by atoms with E-state index in [2.05, 4.69) is 24.1 Å². The van der Waals surface area contributed by atoms with Crippen LogP contribution in [0.15, 0.2) is 0 Å². The summed E-state index contributed by atoms with van der Waals surface area (Å²) in [6, 6.07) is 0. The number of ether oxygens (including phenoxy) is 1. The van der Waals surface area contributed by atoms with Crippen molar-refractivity contribution in [3.05, 3.63) is 0 Å². The van der Waals surface area contributed by atoms with Gasteiger partial charge in [-0.3, -0.25) is 9.59 Å². The summed E-state index contributed by atoms with van der Waals surface area (Å²) in [5, 5.41) is 2.66. The molecule has 0 spiro atoms. The number of carbonyl (C=O) groups excluding carboxylic acids is 3. The maximum absolute atomic E-state index is 12.1. The van der Waals surface area contributed by atoms with E-state index in [1.165, 1.54) is 4.90 Å². The van der Waals surface area contributed by atoms with E-state index in [4.69, 9.17) is 4.74 Å². The van der Waals surface area contributed by atoms with Gasteiger partial charge in [-0.15, -0.1) is 0 Å². The minimum atomic E-state index is -0.582. The molecule has 23 heavy (non-hydrogen) atoms. The number of hydrogen-bond acceptors (Lipinski definition) is 5. The summed E-state index contributed by atoms with van der Waals surface area (Å²) in [6.07, 6.45) is -0.372. The van der Waals surface area contributed by atoms with Crippen LogP contribution in [0, 0.1) is 0 Å². The molecule has 0 bridgehead atoms. The van der Waals surface area contributed by atoms with Crippen LogP contribution in [0.1, 0.15) is 20.8 Å². The monoisotopic (exact) mass is 328 g/mol. The van der Waals surface area contributed by atoms with Crippen molar-refractivity contribution < 1.29 is 19.1 Å². The third-order valence-corrected chi connectivity index (χ3v) is 3.90. The van der Waals surface area contributed by atoms with E-state index in [1.807, 2.05) is 0 Å². The molecule has 132 valence electrons. The maximum Gasteiger partial charge on any atom is 0.409 e. The highest BCUT2D eigenvalue weighted by atomic mass is 16.6. The molecule has 0 saturated carbocycles. The highest BCUT2D eigenvalue weighted by Crippen LogP contribution is 2.04. The van der Waals surface area contributed by atoms with Gasteiger partial charge in [-0.2, -0.15) is 0 Å². The molecule has 1 saturated heterocycles. The van der Waals surface area contributed by atoms with Crippen LogP contribution >= 0.6 is 0 Å². The van der Waals surface area contributed by atoms with Crippen molar-refractivity contribution in [2.75, 3.05) is 59.0 Å². The van der Waals surface area contributed by atoms with Crippen LogP contribution in [-0.4, -0.2) is 91.6 Å². The SMILES string of the molecule is CCOC(=O)N1CCN(C(=O)C(=O)NCCN(CC)CC)CC1. The van der Waals surface area contributed by atoms with Crippen LogP contribution in [0.2, 0.25) is 0 Å². The number of nitrogens with zero attached hydrogens (tertiary/aromatic N) is 3. The summed E-state index contributed by atoms with van der Waals surface area (Å²) in [5.74, 6) is -1.12. The lowest BCUT2D eigenvalue weighted by Crippen LogP contribution is -2.54. The van der Waals surface area contributed by atoms with Gasteiger partial charge in [-0.05, 0) is 20.0 Å². The minimum Gasteiger partial charge on any atom is -0.450 e. The van der Waals surface area contributed by atoms with E-state index < -0.39 is 11.8 Å². The maximum atomic E-state index is 12.1. The Morgan fingerprint density at radius 1 is 1.00 bits per heavy atom. The summed E-state index contributed by atoms with van der Waals surface area (Å²) in [5.41, 5.74) is 0. The van der Waals surface area contributed by atoms with Gasteiger partial charge < -0.3 is 24.8 Å². The Labute approximate surface area is 137 Å². The molecular formula is C15H28N4O4. The summed E-state index contributed by atoms with van der Waals surface area (Å²) in [7, 11) is 0. The van der Waals surface area contributed by atoms with Gasteiger partial charge in [-0.1, -0.05) is 13.8 Å². The standard InChI is InChI=1S/C15H28N4O4/c1-4-17(5-2)8-7-16-13(20)14(21)18-9-11-19(12-10-18)15(22)23-6-3/h4-12H2,1-3H3,(H,16,20). The van der Waals surface area contributed by atoms with Crippen LogP contribution in [0.25, 0.3) is 0 Å². The molecule has 3 amide bonds. The van der Waals surface area contributed by atoms with Gasteiger partial charge in [-0.25, -0.2) is 4.79 Å². The normalized spacial score (nSPS) is 14.8. The molecule has 1 aliphatic rings. The van der Waals surface area contributed by atoms with Crippen molar-refractivity contribution in [3.63, 3.8) is 0 Å². The average Bonchev–Trinajstić information content (AvgIpc) is 2.58. The van der Waals surface area contributed by atoms with E-state index in [-0.39, 0.29) is 6.09 Å². The number of hydrogen-bond donors (Lipinski definition) is 1. The Morgan fingerprint density at radius 3 is 2.09 bits per heavy atom. The van der Waals surface area contributed by atoms with Crippen molar-refractivity contribution in [2.45, 2.75) is 20.8 Å². The van der Waals surface area contributed by atoms with Crippen LogP contribution in [0.3, 0.4) is 0 Å². The third kappa shape index (κ3) is 6.05. The molecule has 0 aromatic rings. The lowest BCUT2D eigenvalue weighted by atomic mass is 10.3. The summed E-state index contributed by atoms with van der Waals surface area (Å²) in [4.78, 5) is 40.8. The number of amides is 3. The molecule has 0 atom stereocenters. The molecule has 0 aromatic carbocycles. The zero-order chi connectivity index (χ0) is 17.2. The number of likely N-dealkylation sites (N-methyl/N-ethyl adjacent to an activating group) is 1. The highest BCUT2D eigenvalue weighted by molar-refractivity contribution is 6.35. The summed E-state index contributed by atoms with van der Waals surface area (Å²) in [6.45, 7) is 10.7. The lowest BCUT2D eigenvalue weighted by molar-refractivity contribution is -0.146. The van der Waals surface area contributed by atoms with E-state index in [0.29, 0.717) is 39.3 Å². The Hall–Kier alpha value is -1.83. The largest absolute Gasteiger partial charge is 0.450 e. The first kappa shape index (κ1) is 19.2.